The molecule has 4 aromatic rings. The van der Waals surface area contributed by atoms with Crippen molar-refractivity contribution in [1.29, 1.82) is 0 Å². The number of imidazole rings is 1. The first kappa shape index (κ1) is 16.5. The molecule has 3 aromatic heterocycles. The second-order valence-electron chi connectivity index (χ2n) is 5.91. The Kier molecular flexibility index (Phi) is 4.26. The summed E-state index contributed by atoms with van der Waals surface area (Å²) in [5, 5.41) is 3.00. The van der Waals surface area contributed by atoms with E-state index in [1.165, 1.54) is 6.20 Å². The molecule has 0 saturated heterocycles. The molecule has 1 amide bonds. The van der Waals surface area contributed by atoms with Crippen molar-refractivity contribution in [3.05, 3.63) is 82.7 Å². The van der Waals surface area contributed by atoms with E-state index in [1.54, 1.807) is 12.3 Å². The molecule has 0 atom stereocenters. The lowest BCUT2D eigenvalue weighted by Crippen LogP contribution is -2.14. The number of aryl methyl sites for hydroxylation is 1. The zero-order chi connectivity index (χ0) is 18.1. The van der Waals surface area contributed by atoms with Gasteiger partial charge in [0.05, 0.1) is 5.56 Å². The average Bonchev–Trinajstić information content (AvgIpc) is 3.02. The second kappa shape index (κ2) is 6.72. The summed E-state index contributed by atoms with van der Waals surface area (Å²) in [4.78, 5) is 21.6. The molecule has 0 aliphatic rings. The van der Waals surface area contributed by atoms with Crippen LogP contribution in [0.2, 0.25) is 0 Å². The predicted molar refractivity (Wildman–Crippen MR) is 105 cm³/mol. The van der Waals surface area contributed by atoms with Gasteiger partial charge in [-0.1, -0.05) is 36.4 Å². The third-order valence-electron chi connectivity index (χ3n) is 4.09. The lowest BCUT2D eigenvalue weighted by molar-refractivity contribution is 0.102. The topological polar surface area (TPSA) is 59.3 Å². The highest BCUT2D eigenvalue weighted by Crippen LogP contribution is 2.30. The van der Waals surface area contributed by atoms with Crippen LogP contribution in [-0.4, -0.2) is 20.3 Å². The van der Waals surface area contributed by atoms with Crippen LogP contribution in [0.4, 0.5) is 5.82 Å². The number of nitrogens with one attached hydrogen (secondary N) is 1. The number of fused-ring (bicyclic) bond motifs is 1. The fraction of sp³-hybridized carbons (Fsp3) is 0.0500. The molecule has 0 aliphatic carbocycles. The van der Waals surface area contributed by atoms with Gasteiger partial charge in [-0.2, -0.15) is 0 Å². The third kappa shape index (κ3) is 2.99. The first-order chi connectivity index (χ1) is 12.6. The molecular weight excluding hydrogens is 392 g/mol. The monoisotopic (exact) mass is 406 g/mol. The minimum Gasteiger partial charge on any atom is -0.306 e. The maximum atomic E-state index is 12.8. The SMILES string of the molecule is Cc1cccn2c(NC(=O)c3cncc(Br)c3)c(-c3ccccc3)nc12. The standard InChI is InChI=1S/C20H15BrN4O/c1-13-6-5-9-25-18(13)23-17(14-7-3-2-4-8-14)19(25)24-20(26)15-10-16(21)12-22-11-15/h2-12H,1H3,(H,24,26). The molecule has 3 heterocycles. The number of anilines is 1. The molecule has 1 N–H and O–H groups in total. The lowest BCUT2D eigenvalue weighted by Gasteiger charge is -2.08. The summed E-state index contributed by atoms with van der Waals surface area (Å²) in [6.45, 7) is 2.00. The number of rotatable bonds is 3. The van der Waals surface area contributed by atoms with E-state index in [0.29, 0.717) is 11.4 Å². The van der Waals surface area contributed by atoms with Gasteiger partial charge in [0.2, 0.25) is 0 Å². The molecule has 0 bridgehead atoms. The van der Waals surface area contributed by atoms with E-state index in [4.69, 9.17) is 4.98 Å². The Hall–Kier alpha value is -2.99. The average molecular weight is 407 g/mol. The maximum Gasteiger partial charge on any atom is 0.258 e. The van der Waals surface area contributed by atoms with Gasteiger partial charge in [0.15, 0.2) is 0 Å². The van der Waals surface area contributed by atoms with Gasteiger partial charge >= 0.3 is 0 Å². The number of carbonyl (C=O) groups excluding carboxylic acids is 1. The third-order valence-corrected chi connectivity index (χ3v) is 4.53. The Balaban J connectivity index is 1.85. The molecular formula is C20H15BrN4O. The minimum atomic E-state index is -0.237. The quantitative estimate of drug-likeness (QED) is 0.535. The number of nitrogens with zero attached hydrogens (tertiary/aromatic N) is 3. The van der Waals surface area contributed by atoms with Crippen molar-refractivity contribution >= 4 is 33.3 Å². The fourth-order valence-corrected chi connectivity index (χ4v) is 3.20. The van der Waals surface area contributed by atoms with E-state index in [9.17, 15) is 4.79 Å². The molecule has 5 nitrogen and oxygen atoms in total. The van der Waals surface area contributed by atoms with Gasteiger partial charge in [-0.3, -0.25) is 14.2 Å². The molecule has 0 saturated carbocycles. The molecule has 0 aliphatic heterocycles. The summed E-state index contributed by atoms with van der Waals surface area (Å²) in [7, 11) is 0. The van der Waals surface area contributed by atoms with Crippen LogP contribution >= 0.6 is 15.9 Å². The number of hydrogen-bond acceptors (Lipinski definition) is 3. The highest BCUT2D eigenvalue weighted by atomic mass is 79.9. The molecule has 0 unspecified atom stereocenters. The molecule has 26 heavy (non-hydrogen) atoms. The largest absolute Gasteiger partial charge is 0.306 e. The summed E-state index contributed by atoms with van der Waals surface area (Å²) >= 11 is 3.35. The van der Waals surface area contributed by atoms with Crippen molar-refractivity contribution in [2.75, 3.05) is 5.32 Å². The van der Waals surface area contributed by atoms with E-state index in [1.807, 2.05) is 60.0 Å². The summed E-state index contributed by atoms with van der Waals surface area (Å²) in [5.41, 5.74) is 4.00. The number of halogens is 1. The number of aromatic nitrogens is 3. The van der Waals surface area contributed by atoms with Crippen molar-refractivity contribution in [3.8, 4) is 11.3 Å². The highest BCUT2D eigenvalue weighted by Gasteiger charge is 2.18. The Morgan fingerprint density at radius 3 is 2.69 bits per heavy atom. The zero-order valence-corrected chi connectivity index (χ0v) is 15.6. The van der Waals surface area contributed by atoms with E-state index in [-0.39, 0.29) is 5.91 Å². The summed E-state index contributed by atoms with van der Waals surface area (Å²) in [6.07, 6.45) is 5.08. The Bertz CT molecular complexity index is 1110. The van der Waals surface area contributed by atoms with Gasteiger partial charge in [-0.25, -0.2) is 4.98 Å². The molecule has 0 spiro atoms. The summed E-state index contributed by atoms with van der Waals surface area (Å²) in [5.74, 6) is 0.402. The van der Waals surface area contributed by atoms with Crippen molar-refractivity contribution in [3.63, 3.8) is 0 Å². The second-order valence-corrected chi connectivity index (χ2v) is 6.82. The predicted octanol–water partition coefficient (Wildman–Crippen LogP) is 4.72. The lowest BCUT2D eigenvalue weighted by atomic mass is 10.1. The van der Waals surface area contributed by atoms with Gasteiger partial charge in [0, 0.05) is 28.6 Å². The number of hydrogen-bond donors (Lipinski definition) is 1. The van der Waals surface area contributed by atoms with Crippen LogP contribution in [0.25, 0.3) is 16.9 Å². The molecule has 0 radical (unpaired) electrons. The van der Waals surface area contributed by atoms with Crippen molar-refractivity contribution in [2.45, 2.75) is 6.92 Å². The van der Waals surface area contributed by atoms with Crippen molar-refractivity contribution in [2.24, 2.45) is 0 Å². The van der Waals surface area contributed by atoms with Crippen LogP contribution < -0.4 is 5.32 Å². The fourth-order valence-electron chi connectivity index (χ4n) is 2.84. The zero-order valence-electron chi connectivity index (χ0n) is 14.0. The first-order valence-corrected chi connectivity index (χ1v) is 8.88. The molecule has 4 rings (SSSR count). The van der Waals surface area contributed by atoms with Gasteiger partial charge < -0.3 is 5.32 Å². The molecule has 6 heteroatoms. The van der Waals surface area contributed by atoms with Gasteiger partial charge in [-0.05, 0) is 40.5 Å². The van der Waals surface area contributed by atoms with E-state index < -0.39 is 0 Å². The van der Waals surface area contributed by atoms with Crippen LogP contribution in [0.3, 0.4) is 0 Å². The number of benzene rings is 1. The summed E-state index contributed by atoms with van der Waals surface area (Å²) in [6, 6.07) is 15.5. The van der Waals surface area contributed by atoms with Gasteiger partial charge in [-0.15, -0.1) is 0 Å². The number of carbonyl (C=O) groups is 1. The van der Waals surface area contributed by atoms with Crippen LogP contribution in [0.15, 0.2) is 71.6 Å². The smallest absolute Gasteiger partial charge is 0.258 e. The van der Waals surface area contributed by atoms with E-state index in [0.717, 1.165) is 26.9 Å². The molecule has 0 fully saturated rings. The Morgan fingerprint density at radius 2 is 1.92 bits per heavy atom. The number of pyridine rings is 2. The van der Waals surface area contributed by atoms with Crippen LogP contribution in [0.1, 0.15) is 15.9 Å². The number of amides is 1. The summed E-state index contributed by atoms with van der Waals surface area (Å²) < 4.78 is 2.66. The maximum absolute atomic E-state index is 12.8. The van der Waals surface area contributed by atoms with Crippen LogP contribution in [-0.2, 0) is 0 Å². The minimum absolute atomic E-state index is 0.237. The normalized spacial score (nSPS) is 10.8. The highest BCUT2D eigenvalue weighted by molar-refractivity contribution is 9.10. The Morgan fingerprint density at radius 1 is 1.12 bits per heavy atom. The van der Waals surface area contributed by atoms with Gasteiger partial charge in [0.25, 0.3) is 5.91 Å². The Labute approximate surface area is 158 Å². The van der Waals surface area contributed by atoms with Gasteiger partial charge in [0.1, 0.15) is 17.2 Å². The van der Waals surface area contributed by atoms with E-state index in [2.05, 4.69) is 26.2 Å². The van der Waals surface area contributed by atoms with Crippen LogP contribution in [0, 0.1) is 6.92 Å². The van der Waals surface area contributed by atoms with Crippen molar-refractivity contribution in [1.82, 2.24) is 14.4 Å². The molecule has 1 aromatic carbocycles. The van der Waals surface area contributed by atoms with Crippen LogP contribution in [0.5, 0.6) is 0 Å². The van der Waals surface area contributed by atoms with E-state index >= 15 is 0 Å². The van der Waals surface area contributed by atoms with Crippen molar-refractivity contribution < 1.29 is 4.79 Å². The first-order valence-electron chi connectivity index (χ1n) is 8.08. The molecule has 128 valence electrons.